The Balaban J connectivity index is 1.94. The lowest BCUT2D eigenvalue weighted by Gasteiger charge is -2.14. The average molecular weight is 264 g/mol. The molecule has 1 aliphatic carbocycles. The van der Waals surface area contributed by atoms with E-state index < -0.39 is 29.9 Å². The Morgan fingerprint density at radius 3 is 2.42 bits per heavy atom. The summed E-state index contributed by atoms with van der Waals surface area (Å²) in [7, 11) is 0. The molecule has 1 fully saturated rings. The van der Waals surface area contributed by atoms with Crippen molar-refractivity contribution in [3.8, 4) is 0 Å². The van der Waals surface area contributed by atoms with Crippen LogP contribution in [0.15, 0.2) is 30.3 Å². The molecular weight excluding hydrogens is 248 g/mol. The summed E-state index contributed by atoms with van der Waals surface area (Å²) in [4.78, 5) is 22.9. The van der Waals surface area contributed by atoms with Crippen molar-refractivity contribution >= 4 is 11.9 Å². The summed E-state index contributed by atoms with van der Waals surface area (Å²) in [5.74, 6) is -3.21. The number of benzene rings is 1. The minimum absolute atomic E-state index is 0.112. The number of hydrogen-bond donors (Lipinski definition) is 2. The summed E-state index contributed by atoms with van der Waals surface area (Å²) in [5, 5.41) is 18.5. The zero-order valence-electron chi connectivity index (χ0n) is 10.4. The molecule has 1 unspecified atom stereocenters. The maximum Gasteiger partial charge on any atom is 0.310 e. The number of carboxylic acids is 1. The van der Waals surface area contributed by atoms with Crippen LogP contribution in [0, 0.1) is 11.8 Å². The van der Waals surface area contributed by atoms with E-state index in [0.29, 0.717) is 0 Å². The smallest absolute Gasteiger partial charge is 0.310 e. The number of rotatable bonds is 4. The van der Waals surface area contributed by atoms with E-state index in [1.807, 2.05) is 30.3 Å². The van der Waals surface area contributed by atoms with E-state index in [4.69, 9.17) is 9.84 Å². The molecule has 1 aromatic rings. The molecule has 0 spiro atoms. The third kappa shape index (κ3) is 3.32. The summed E-state index contributed by atoms with van der Waals surface area (Å²) in [6.07, 6.45) is -0.472. The molecule has 1 saturated carbocycles. The molecule has 5 heteroatoms. The third-order valence-electron chi connectivity index (χ3n) is 3.38. The van der Waals surface area contributed by atoms with Crippen LogP contribution >= 0.6 is 0 Å². The first-order valence-electron chi connectivity index (χ1n) is 6.19. The van der Waals surface area contributed by atoms with Crippen molar-refractivity contribution in [3.63, 3.8) is 0 Å². The van der Waals surface area contributed by atoms with E-state index in [9.17, 15) is 14.7 Å². The molecule has 1 aromatic carbocycles. The number of aliphatic carboxylic acids is 1. The lowest BCUT2D eigenvalue weighted by Crippen LogP contribution is -2.26. The Labute approximate surface area is 110 Å². The highest BCUT2D eigenvalue weighted by Crippen LogP contribution is 2.33. The van der Waals surface area contributed by atoms with Crippen molar-refractivity contribution in [3.05, 3.63) is 35.9 Å². The van der Waals surface area contributed by atoms with Gasteiger partial charge in [0.25, 0.3) is 0 Å². The van der Waals surface area contributed by atoms with Crippen LogP contribution in [0.3, 0.4) is 0 Å². The van der Waals surface area contributed by atoms with Crippen LogP contribution in [0.4, 0.5) is 0 Å². The van der Waals surface area contributed by atoms with E-state index in [1.54, 1.807) is 0 Å². The average Bonchev–Trinajstić information content (AvgIpc) is 2.79. The Kier molecular flexibility index (Phi) is 4.16. The first-order valence-corrected chi connectivity index (χ1v) is 6.19. The number of aliphatic hydroxyl groups is 1. The number of ether oxygens (including phenoxy) is 1. The minimum atomic E-state index is -1.06. The first kappa shape index (κ1) is 13.5. The van der Waals surface area contributed by atoms with Crippen LogP contribution in [-0.2, 0) is 20.9 Å². The van der Waals surface area contributed by atoms with Crippen LogP contribution in [0.1, 0.15) is 18.4 Å². The fourth-order valence-electron chi connectivity index (χ4n) is 2.38. The first-order chi connectivity index (χ1) is 9.08. The maximum absolute atomic E-state index is 11.9. The van der Waals surface area contributed by atoms with E-state index in [-0.39, 0.29) is 19.4 Å². The number of carbonyl (C=O) groups is 2. The van der Waals surface area contributed by atoms with Crippen LogP contribution < -0.4 is 0 Å². The van der Waals surface area contributed by atoms with Crippen LogP contribution in [-0.4, -0.2) is 28.3 Å². The maximum atomic E-state index is 11.9. The van der Waals surface area contributed by atoms with E-state index in [0.717, 1.165) is 5.56 Å². The molecule has 1 aliphatic rings. The van der Waals surface area contributed by atoms with Gasteiger partial charge in [-0.15, -0.1) is 0 Å². The summed E-state index contributed by atoms with van der Waals surface area (Å²) in [6, 6.07) is 9.18. The van der Waals surface area contributed by atoms with Gasteiger partial charge in [0.05, 0.1) is 17.9 Å². The van der Waals surface area contributed by atoms with Gasteiger partial charge in [-0.2, -0.15) is 0 Å². The van der Waals surface area contributed by atoms with E-state index in [1.165, 1.54) is 0 Å². The Hall–Kier alpha value is -1.88. The lowest BCUT2D eigenvalue weighted by atomic mass is 9.96. The van der Waals surface area contributed by atoms with Gasteiger partial charge in [0.1, 0.15) is 6.61 Å². The van der Waals surface area contributed by atoms with Crippen molar-refractivity contribution in [1.82, 2.24) is 0 Å². The largest absolute Gasteiger partial charge is 0.481 e. The molecule has 0 aliphatic heterocycles. The van der Waals surface area contributed by atoms with Gasteiger partial charge in [-0.3, -0.25) is 9.59 Å². The number of carboxylic acid groups (broad SMARTS) is 1. The lowest BCUT2D eigenvalue weighted by molar-refractivity contribution is -0.157. The van der Waals surface area contributed by atoms with Gasteiger partial charge in [-0.1, -0.05) is 30.3 Å². The summed E-state index contributed by atoms with van der Waals surface area (Å²) in [5.41, 5.74) is 0.848. The highest BCUT2D eigenvalue weighted by Gasteiger charge is 2.43. The molecule has 5 nitrogen and oxygen atoms in total. The second-order valence-electron chi connectivity index (χ2n) is 4.77. The summed E-state index contributed by atoms with van der Waals surface area (Å²) < 4.78 is 5.13. The van der Waals surface area contributed by atoms with Gasteiger partial charge >= 0.3 is 11.9 Å². The van der Waals surface area contributed by atoms with E-state index in [2.05, 4.69) is 0 Å². The number of esters is 1. The predicted octanol–water partition coefficient (Wildman–Crippen LogP) is 1.20. The van der Waals surface area contributed by atoms with Crippen molar-refractivity contribution in [2.45, 2.75) is 25.6 Å². The Bertz CT molecular complexity index is 456. The molecule has 0 bridgehead atoms. The van der Waals surface area contributed by atoms with Gasteiger partial charge in [-0.05, 0) is 18.4 Å². The molecule has 0 radical (unpaired) electrons. The van der Waals surface area contributed by atoms with Crippen molar-refractivity contribution in [1.29, 1.82) is 0 Å². The molecule has 0 saturated heterocycles. The van der Waals surface area contributed by atoms with Gasteiger partial charge < -0.3 is 14.9 Å². The predicted molar refractivity (Wildman–Crippen MR) is 66.1 cm³/mol. The van der Waals surface area contributed by atoms with Gasteiger partial charge in [0.2, 0.25) is 0 Å². The molecule has 0 heterocycles. The molecule has 0 aromatic heterocycles. The van der Waals surface area contributed by atoms with Crippen molar-refractivity contribution in [2.24, 2.45) is 11.8 Å². The van der Waals surface area contributed by atoms with Crippen molar-refractivity contribution in [2.75, 3.05) is 0 Å². The summed E-state index contributed by atoms with van der Waals surface area (Å²) >= 11 is 0. The molecule has 19 heavy (non-hydrogen) atoms. The molecule has 102 valence electrons. The van der Waals surface area contributed by atoms with Crippen LogP contribution in [0.2, 0.25) is 0 Å². The topological polar surface area (TPSA) is 83.8 Å². The van der Waals surface area contributed by atoms with Crippen LogP contribution in [0.5, 0.6) is 0 Å². The number of carbonyl (C=O) groups excluding carboxylic acids is 1. The molecule has 3 atom stereocenters. The van der Waals surface area contributed by atoms with Gasteiger partial charge in [0, 0.05) is 0 Å². The van der Waals surface area contributed by atoms with Gasteiger partial charge in [0.15, 0.2) is 0 Å². The fourth-order valence-corrected chi connectivity index (χ4v) is 2.38. The molecular formula is C14H16O5. The van der Waals surface area contributed by atoms with Crippen molar-refractivity contribution < 1.29 is 24.5 Å². The monoisotopic (exact) mass is 264 g/mol. The Morgan fingerprint density at radius 1 is 1.16 bits per heavy atom. The second-order valence-corrected chi connectivity index (χ2v) is 4.77. The zero-order chi connectivity index (χ0) is 13.8. The fraction of sp³-hybridized carbons (Fsp3) is 0.429. The highest BCUT2D eigenvalue weighted by atomic mass is 16.5. The third-order valence-corrected chi connectivity index (χ3v) is 3.38. The SMILES string of the molecule is O=C(O)[C@H]1CC(O)C[C@@H]1C(=O)OCc1ccccc1. The minimum Gasteiger partial charge on any atom is -0.481 e. The molecule has 2 N–H and O–H groups in total. The molecule has 0 amide bonds. The normalized spacial score (nSPS) is 26.1. The van der Waals surface area contributed by atoms with E-state index >= 15 is 0 Å². The second kappa shape index (κ2) is 5.84. The van der Waals surface area contributed by atoms with Crippen LogP contribution in [0.25, 0.3) is 0 Å². The Morgan fingerprint density at radius 2 is 1.79 bits per heavy atom. The quantitative estimate of drug-likeness (QED) is 0.798. The van der Waals surface area contributed by atoms with Gasteiger partial charge in [-0.25, -0.2) is 0 Å². The summed E-state index contributed by atoms with van der Waals surface area (Å²) in [6.45, 7) is 0.124. The standard InChI is InChI=1S/C14H16O5/c15-10-6-11(13(16)17)12(7-10)14(18)19-8-9-4-2-1-3-5-9/h1-5,10-12,15H,6-8H2,(H,16,17)/t10?,11-,12-/m0/s1. The zero-order valence-corrected chi connectivity index (χ0v) is 10.4. The number of hydrogen-bond acceptors (Lipinski definition) is 4. The number of aliphatic hydroxyl groups excluding tert-OH is 1. The molecule has 2 rings (SSSR count). The highest BCUT2D eigenvalue weighted by molar-refractivity contribution is 5.81.